The first-order chi connectivity index (χ1) is 54.4. The second kappa shape index (κ2) is 31.8. The van der Waals surface area contributed by atoms with Gasteiger partial charge in [-0.2, -0.15) is 0 Å². The zero-order valence-corrected chi connectivity index (χ0v) is 63.2. The molecule has 2 heteroatoms. The molecular formula is C108H68Br2. The van der Waals surface area contributed by atoms with Gasteiger partial charge in [0, 0.05) is 36.8 Å². The van der Waals surface area contributed by atoms with Crippen LogP contribution in [0.1, 0.15) is 27.8 Å². The van der Waals surface area contributed by atoms with Crippen LogP contribution in [0.2, 0.25) is 0 Å². The van der Waals surface area contributed by atoms with E-state index in [4.69, 9.17) is 6.42 Å². The standard InChI is InChI=1S/C58H36.C42H26Br2.C8H6/c1-7-19-41(20-8-1)31-33-43-35-37-49-50-38-36-44(34-32-42-21-9-2-10-22-42)40-52(50)58-56(48-29-17-6-18-30-48)54(46-25-13-4-14-26-46)53(45-23-11-3-12-24-45)55(57(58)51(49)39-43)47-27-15-5-16-28-47;43-31-21-23-33-34-24-22-32(44)26-36(34)42-40(30-19-11-4-12-20-30)38(28-15-7-2-8-16-28)37(27-13-5-1-6-14-27)39(41(42)35(33)25-31)29-17-9-3-10-18-29;1-2-8-6-4-3-5-7-8/h1-30,35-40H;1-26H;1,3-7H. The Bertz CT molecular complexity index is 6370. The molecule has 0 spiro atoms. The Hall–Kier alpha value is -13.6. The van der Waals surface area contributed by atoms with Gasteiger partial charge in [-0.1, -0.05) is 383 Å². The zero-order chi connectivity index (χ0) is 74.1. The fraction of sp³-hybridized carbons (Fsp3) is 0. The highest BCUT2D eigenvalue weighted by atomic mass is 79.9. The van der Waals surface area contributed by atoms with Crippen molar-refractivity contribution in [1.29, 1.82) is 0 Å². The normalized spacial score (nSPS) is 10.8. The molecule has 0 aliphatic rings. The summed E-state index contributed by atoms with van der Waals surface area (Å²) in [5, 5.41) is 14.6. The van der Waals surface area contributed by atoms with E-state index in [9.17, 15) is 0 Å². The van der Waals surface area contributed by atoms with E-state index in [-0.39, 0.29) is 0 Å². The van der Waals surface area contributed by atoms with Gasteiger partial charge in [-0.3, -0.25) is 0 Å². The van der Waals surface area contributed by atoms with Gasteiger partial charge >= 0.3 is 0 Å². The Kier molecular flexibility index (Phi) is 20.1. The summed E-state index contributed by atoms with van der Waals surface area (Å²) in [5.41, 5.74) is 24.0. The second-order valence-electron chi connectivity index (χ2n) is 27.1. The Morgan fingerprint density at radius 2 is 0.355 bits per heavy atom. The summed E-state index contributed by atoms with van der Waals surface area (Å²) in [7, 11) is 0. The molecule has 0 heterocycles. The van der Waals surface area contributed by atoms with E-state index >= 15 is 0 Å². The van der Waals surface area contributed by atoms with Crippen LogP contribution < -0.4 is 0 Å². The van der Waals surface area contributed by atoms with Crippen LogP contribution in [0, 0.1) is 36.0 Å². The lowest BCUT2D eigenvalue weighted by Crippen LogP contribution is -1.99. The average Bonchev–Trinajstić information content (AvgIpc) is 0.703. The minimum Gasteiger partial charge on any atom is -0.115 e. The number of terminal acetylenes is 1. The molecule has 0 amide bonds. The monoisotopic (exact) mass is 1520 g/mol. The molecule has 110 heavy (non-hydrogen) atoms. The van der Waals surface area contributed by atoms with Gasteiger partial charge in [0.25, 0.3) is 0 Å². The summed E-state index contributed by atoms with van der Waals surface area (Å²) in [5.74, 6) is 16.4. The minimum absolute atomic E-state index is 0.938. The molecule has 0 saturated carbocycles. The van der Waals surface area contributed by atoms with Crippen molar-refractivity contribution in [2.45, 2.75) is 0 Å². The Morgan fingerprint density at radius 3 is 0.582 bits per heavy atom. The highest BCUT2D eigenvalue weighted by Gasteiger charge is 2.30. The molecule has 0 N–H and O–H groups in total. The highest BCUT2D eigenvalue weighted by Crippen LogP contribution is 2.57. The number of rotatable bonds is 8. The fourth-order valence-corrected chi connectivity index (χ4v) is 16.4. The largest absolute Gasteiger partial charge is 0.115 e. The van der Waals surface area contributed by atoms with Gasteiger partial charge in [-0.25, -0.2) is 0 Å². The molecule has 19 rings (SSSR count). The van der Waals surface area contributed by atoms with Crippen molar-refractivity contribution in [2.24, 2.45) is 0 Å². The van der Waals surface area contributed by atoms with Gasteiger partial charge in [0.2, 0.25) is 0 Å². The van der Waals surface area contributed by atoms with Gasteiger partial charge in [0.15, 0.2) is 0 Å². The molecule has 0 nitrogen and oxygen atoms in total. The van der Waals surface area contributed by atoms with Gasteiger partial charge in [0.05, 0.1) is 0 Å². The molecule has 0 bridgehead atoms. The van der Waals surface area contributed by atoms with Crippen LogP contribution in [0.15, 0.2) is 415 Å². The molecule has 0 aliphatic heterocycles. The van der Waals surface area contributed by atoms with E-state index in [1.165, 1.54) is 131 Å². The molecule has 0 aliphatic carbocycles. The van der Waals surface area contributed by atoms with Crippen LogP contribution in [0.3, 0.4) is 0 Å². The number of halogens is 2. The van der Waals surface area contributed by atoms with Crippen LogP contribution >= 0.6 is 31.9 Å². The lowest BCUT2D eigenvalue weighted by molar-refractivity contribution is 1.57. The molecule has 19 aromatic rings. The van der Waals surface area contributed by atoms with Crippen molar-refractivity contribution in [3.63, 3.8) is 0 Å². The fourth-order valence-electron chi connectivity index (χ4n) is 15.6. The van der Waals surface area contributed by atoms with Gasteiger partial charge in [-0.15, -0.1) is 6.42 Å². The number of hydrogen-bond donors (Lipinski definition) is 0. The maximum absolute atomic E-state index is 5.10. The number of fused-ring (bicyclic) bond motifs is 12. The van der Waals surface area contributed by atoms with Gasteiger partial charge in [-0.05, 0) is 239 Å². The summed E-state index contributed by atoms with van der Waals surface area (Å²) in [6, 6.07) is 144. The predicted molar refractivity (Wildman–Crippen MR) is 476 cm³/mol. The summed E-state index contributed by atoms with van der Waals surface area (Å²) < 4.78 is 2.13. The molecule has 0 aromatic heterocycles. The van der Waals surface area contributed by atoms with Crippen molar-refractivity contribution in [3.05, 3.63) is 443 Å². The molecule has 0 fully saturated rings. The Morgan fingerprint density at radius 1 is 0.164 bits per heavy atom. The van der Waals surface area contributed by atoms with Gasteiger partial charge in [0.1, 0.15) is 0 Å². The quantitative estimate of drug-likeness (QED) is 0.105. The Labute approximate surface area is 659 Å². The molecule has 0 atom stereocenters. The topological polar surface area (TPSA) is 0 Å². The Balaban J connectivity index is 0.000000150. The van der Waals surface area contributed by atoms with Crippen LogP contribution in [0.4, 0.5) is 0 Å². The van der Waals surface area contributed by atoms with Crippen molar-refractivity contribution in [3.8, 4) is 125 Å². The van der Waals surface area contributed by atoms with Crippen LogP contribution in [-0.4, -0.2) is 0 Å². The third-order valence-corrected chi connectivity index (χ3v) is 21.3. The average molecular weight is 1530 g/mol. The van der Waals surface area contributed by atoms with E-state index in [0.717, 1.165) is 59.0 Å². The van der Waals surface area contributed by atoms with Crippen LogP contribution in [-0.2, 0) is 0 Å². The number of hydrogen-bond acceptors (Lipinski definition) is 0. The summed E-state index contributed by atoms with van der Waals surface area (Å²) in [4.78, 5) is 0. The lowest BCUT2D eigenvalue weighted by atomic mass is 9.76. The van der Waals surface area contributed by atoms with E-state index in [1.807, 2.05) is 66.7 Å². The van der Waals surface area contributed by atoms with Crippen molar-refractivity contribution < 1.29 is 0 Å². The zero-order valence-electron chi connectivity index (χ0n) is 60.0. The highest BCUT2D eigenvalue weighted by molar-refractivity contribution is 9.10. The van der Waals surface area contributed by atoms with E-state index in [0.29, 0.717) is 0 Å². The maximum Gasteiger partial charge on any atom is 0.0255 e. The van der Waals surface area contributed by atoms with Crippen molar-refractivity contribution in [2.75, 3.05) is 0 Å². The van der Waals surface area contributed by atoms with Crippen LogP contribution in [0.5, 0.6) is 0 Å². The SMILES string of the molecule is Brc1ccc2c3ccc(Br)cc3c3c(-c4ccccc4)c(-c4ccccc4)c(-c4ccccc4)c(-c4ccccc4)c3c2c1.C#Cc1ccccc1.C(#Cc1ccc2c3ccc(C#Cc4ccccc4)cc3c3c(-c4ccccc4)c(-c4ccccc4)c(-c4ccccc4)c(-c4ccccc4)c3c2c1)c1ccccc1. The molecule has 0 unspecified atom stereocenters. The van der Waals surface area contributed by atoms with E-state index < -0.39 is 0 Å². The first-order valence-electron chi connectivity index (χ1n) is 36.9. The third-order valence-electron chi connectivity index (χ3n) is 20.4. The van der Waals surface area contributed by atoms with E-state index in [1.54, 1.807) is 0 Å². The first-order valence-corrected chi connectivity index (χ1v) is 38.5. The third kappa shape index (κ3) is 14.0. The molecule has 514 valence electrons. The molecule has 0 radical (unpaired) electrons. The maximum atomic E-state index is 5.10. The summed E-state index contributed by atoms with van der Waals surface area (Å²) in [6.45, 7) is 0. The lowest BCUT2D eigenvalue weighted by Gasteiger charge is -2.26. The summed E-state index contributed by atoms with van der Waals surface area (Å²) in [6.07, 6.45) is 5.10. The van der Waals surface area contributed by atoms with Gasteiger partial charge < -0.3 is 0 Å². The van der Waals surface area contributed by atoms with Crippen LogP contribution in [0.25, 0.3) is 154 Å². The summed E-state index contributed by atoms with van der Waals surface area (Å²) >= 11 is 7.69. The first kappa shape index (κ1) is 69.4. The molecule has 19 aromatic carbocycles. The van der Waals surface area contributed by atoms with E-state index in [2.05, 4.69) is 401 Å². The molecular weight excluding hydrogens is 1460 g/mol. The van der Waals surface area contributed by atoms with Crippen molar-refractivity contribution in [1.82, 2.24) is 0 Å². The van der Waals surface area contributed by atoms with Crippen molar-refractivity contribution >= 4 is 96.5 Å². The number of benzene rings is 19. The predicted octanol–water partition coefficient (Wildman–Crippen LogP) is 29.6. The smallest absolute Gasteiger partial charge is 0.0255 e. The molecule has 0 saturated heterocycles. The second-order valence-corrected chi connectivity index (χ2v) is 28.9. The minimum atomic E-state index is 0.938.